The number of hydrogen-bond donors (Lipinski definition) is 2. The zero-order chi connectivity index (χ0) is 20.6. The highest BCUT2D eigenvalue weighted by Crippen LogP contribution is 2.63. The number of carbonyl (C=O) groups excluding carboxylic acids is 2. The predicted octanol–water partition coefficient (Wildman–Crippen LogP) is 4.25. The Hall–Kier alpha value is -2.37. The maximum atomic E-state index is 12.8. The third kappa shape index (κ3) is 3.53. The average Bonchev–Trinajstić information content (AvgIpc) is 3.06. The number of para-hydroxylation sites is 1. The first-order valence-corrected chi connectivity index (χ1v) is 10.8. The van der Waals surface area contributed by atoms with E-state index in [1.807, 2.05) is 30.3 Å². The molecule has 0 unspecified atom stereocenters. The first-order chi connectivity index (χ1) is 13.8. The number of amides is 3. The summed E-state index contributed by atoms with van der Waals surface area (Å²) in [6, 6.07) is 9.26. The summed E-state index contributed by atoms with van der Waals surface area (Å²) in [6.45, 7) is 8.06. The van der Waals surface area contributed by atoms with Crippen LogP contribution in [-0.4, -0.2) is 35.6 Å². The van der Waals surface area contributed by atoms with E-state index in [1.54, 1.807) is 4.90 Å². The molecule has 2 aliphatic carbocycles. The molecule has 3 fully saturated rings. The van der Waals surface area contributed by atoms with Crippen molar-refractivity contribution >= 4 is 23.3 Å². The van der Waals surface area contributed by atoms with Gasteiger partial charge in [0.25, 0.3) is 0 Å². The fourth-order valence-corrected chi connectivity index (χ4v) is 5.41. The summed E-state index contributed by atoms with van der Waals surface area (Å²) in [4.78, 5) is 27.1. The Morgan fingerprint density at radius 1 is 1.14 bits per heavy atom. The Morgan fingerprint density at radius 3 is 2.55 bits per heavy atom. The van der Waals surface area contributed by atoms with Crippen molar-refractivity contribution in [3.8, 4) is 0 Å². The number of urea groups is 1. The minimum absolute atomic E-state index is 0.0705. The lowest BCUT2D eigenvalue weighted by molar-refractivity contribution is -0.126. The quantitative estimate of drug-likeness (QED) is 0.750. The van der Waals surface area contributed by atoms with Gasteiger partial charge in [-0.1, -0.05) is 39.0 Å². The number of carbonyl (C=O) groups is 2. The highest BCUT2D eigenvalue weighted by atomic mass is 16.2. The fraction of sp³-hybridized carbons (Fsp3) is 0.609. The van der Waals surface area contributed by atoms with Gasteiger partial charge < -0.3 is 10.2 Å². The molecular formula is C23H32N4O2. The highest BCUT2D eigenvalue weighted by molar-refractivity contribution is 5.95. The Labute approximate surface area is 173 Å². The zero-order valence-electron chi connectivity index (χ0n) is 17.7. The summed E-state index contributed by atoms with van der Waals surface area (Å²) < 4.78 is 0. The summed E-state index contributed by atoms with van der Waals surface area (Å²) in [6.07, 6.45) is 5.00. The van der Waals surface area contributed by atoms with Gasteiger partial charge in [-0.15, -0.1) is 0 Å². The molecule has 1 aromatic rings. The molecule has 6 heteroatoms. The molecular weight excluding hydrogens is 364 g/mol. The molecule has 2 N–H and O–H groups in total. The maximum Gasteiger partial charge on any atom is 0.321 e. The topological polar surface area (TPSA) is 73.8 Å². The van der Waals surface area contributed by atoms with Crippen molar-refractivity contribution < 1.29 is 9.59 Å². The van der Waals surface area contributed by atoms with Crippen molar-refractivity contribution in [1.82, 2.24) is 10.3 Å². The third-order valence-corrected chi connectivity index (χ3v) is 7.92. The van der Waals surface area contributed by atoms with Gasteiger partial charge in [0.1, 0.15) is 0 Å². The maximum absolute atomic E-state index is 12.8. The first-order valence-electron chi connectivity index (χ1n) is 10.8. The second kappa shape index (κ2) is 7.47. The van der Waals surface area contributed by atoms with Crippen molar-refractivity contribution in [2.45, 2.75) is 52.9 Å². The lowest BCUT2D eigenvalue weighted by Gasteiger charge is -2.34. The molecule has 29 heavy (non-hydrogen) atoms. The lowest BCUT2D eigenvalue weighted by Crippen LogP contribution is -2.46. The molecule has 1 saturated heterocycles. The molecule has 0 aromatic heterocycles. The molecule has 1 aromatic carbocycles. The normalized spacial score (nSPS) is 31.7. The molecule has 1 heterocycles. The minimum Gasteiger partial charge on any atom is -0.324 e. The number of fused-ring (bicyclic) bond motifs is 2. The van der Waals surface area contributed by atoms with E-state index in [0.717, 1.165) is 37.1 Å². The van der Waals surface area contributed by atoms with Crippen LogP contribution in [-0.2, 0) is 4.79 Å². The van der Waals surface area contributed by atoms with Crippen LogP contribution in [0, 0.1) is 22.7 Å². The first kappa shape index (κ1) is 19.9. The van der Waals surface area contributed by atoms with Crippen LogP contribution in [0.1, 0.15) is 52.9 Å². The summed E-state index contributed by atoms with van der Waals surface area (Å²) in [5, 5.41) is 7.49. The van der Waals surface area contributed by atoms with E-state index < -0.39 is 0 Å². The van der Waals surface area contributed by atoms with Crippen LogP contribution in [0.25, 0.3) is 0 Å². The molecule has 4 rings (SSSR count). The van der Waals surface area contributed by atoms with E-state index in [4.69, 9.17) is 0 Å². The van der Waals surface area contributed by atoms with E-state index in [9.17, 15) is 9.59 Å². The summed E-state index contributed by atoms with van der Waals surface area (Å²) in [7, 11) is 0. The Bertz CT molecular complexity index is 819. The SMILES string of the molecule is CC1(C)[C@@H]2CC[C@]1(C)/C(=N/NC(=O)[C@H]1CCCN(C(=O)Nc3ccccc3)C1)C2. The molecule has 1 aliphatic heterocycles. The minimum atomic E-state index is -0.214. The van der Waals surface area contributed by atoms with Crippen LogP contribution in [0.15, 0.2) is 35.4 Å². The van der Waals surface area contributed by atoms with E-state index in [0.29, 0.717) is 19.0 Å². The van der Waals surface area contributed by atoms with E-state index in [-0.39, 0.29) is 28.7 Å². The summed E-state index contributed by atoms with van der Waals surface area (Å²) in [5.41, 5.74) is 5.07. The molecule has 3 aliphatic rings. The van der Waals surface area contributed by atoms with Gasteiger partial charge in [0.15, 0.2) is 0 Å². The van der Waals surface area contributed by atoms with Crippen LogP contribution in [0.5, 0.6) is 0 Å². The van der Waals surface area contributed by atoms with Crippen LogP contribution in [0.4, 0.5) is 10.5 Å². The summed E-state index contributed by atoms with van der Waals surface area (Å²) >= 11 is 0. The number of nitrogens with zero attached hydrogens (tertiary/aromatic N) is 2. The summed E-state index contributed by atoms with van der Waals surface area (Å²) in [5.74, 6) is 0.378. The van der Waals surface area contributed by atoms with Gasteiger partial charge in [-0.25, -0.2) is 10.2 Å². The number of rotatable bonds is 3. The zero-order valence-corrected chi connectivity index (χ0v) is 17.7. The van der Waals surface area contributed by atoms with Gasteiger partial charge in [-0.2, -0.15) is 5.10 Å². The van der Waals surface area contributed by atoms with Crippen LogP contribution in [0.3, 0.4) is 0 Å². The fourth-order valence-electron chi connectivity index (χ4n) is 5.41. The van der Waals surface area contributed by atoms with Crippen LogP contribution < -0.4 is 10.7 Å². The number of hydrogen-bond acceptors (Lipinski definition) is 3. The Kier molecular flexibility index (Phi) is 5.13. The van der Waals surface area contributed by atoms with Gasteiger partial charge >= 0.3 is 6.03 Å². The Morgan fingerprint density at radius 2 is 1.90 bits per heavy atom. The number of nitrogens with one attached hydrogen (secondary N) is 2. The van der Waals surface area contributed by atoms with Crippen LogP contribution in [0.2, 0.25) is 0 Å². The molecule has 6 nitrogen and oxygen atoms in total. The van der Waals surface area contributed by atoms with E-state index >= 15 is 0 Å². The second-order valence-electron chi connectivity index (χ2n) is 9.61. The molecule has 0 radical (unpaired) electrons. The lowest BCUT2D eigenvalue weighted by atomic mass is 9.70. The monoisotopic (exact) mass is 396 g/mol. The van der Waals surface area contributed by atoms with Gasteiger partial charge in [0.2, 0.25) is 5.91 Å². The number of likely N-dealkylation sites (tertiary alicyclic amines) is 1. The van der Waals surface area contributed by atoms with E-state index in [1.165, 1.54) is 6.42 Å². The molecule has 3 amide bonds. The van der Waals surface area contributed by atoms with Crippen molar-refractivity contribution in [3.63, 3.8) is 0 Å². The number of hydrazone groups is 1. The van der Waals surface area contributed by atoms with Crippen LogP contribution >= 0.6 is 0 Å². The highest BCUT2D eigenvalue weighted by Gasteiger charge is 2.60. The Balaban J connectivity index is 1.35. The van der Waals surface area contributed by atoms with Gasteiger partial charge in [0.05, 0.1) is 5.92 Å². The second-order valence-corrected chi connectivity index (χ2v) is 9.61. The van der Waals surface area contributed by atoms with Crippen molar-refractivity contribution in [2.24, 2.45) is 27.8 Å². The van der Waals surface area contributed by atoms with Crippen molar-refractivity contribution in [3.05, 3.63) is 30.3 Å². The van der Waals surface area contributed by atoms with Crippen molar-refractivity contribution in [2.75, 3.05) is 18.4 Å². The third-order valence-electron chi connectivity index (χ3n) is 7.92. The predicted molar refractivity (Wildman–Crippen MR) is 115 cm³/mol. The largest absolute Gasteiger partial charge is 0.324 e. The average molecular weight is 397 g/mol. The molecule has 2 saturated carbocycles. The smallest absolute Gasteiger partial charge is 0.321 e. The van der Waals surface area contributed by atoms with Crippen molar-refractivity contribution in [1.29, 1.82) is 0 Å². The molecule has 0 spiro atoms. The van der Waals surface area contributed by atoms with E-state index in [2.05, 4.69) is 36.6 Å². The molecule has 3 atom stereocenters. The number of benzene rings is 1. The number of anilines is 1. The molecule has 2 bridgehead atoms. The van der Waals surface area contributed by atoms with Gasteiger partial charge in [0, 0.05) is 29.9 Å². The molecule has 156 valence electrons. The van der Waals surface area contributed by atoms with Gasteiger partial charge in [-0.05, 0) is 55.6 Å². The number of piperidine rings is 1. The standard InChI is InChI=1S/C23H32N4O2/c1-22(2)17-11-12-23(22,3)19(14-17)25-26-20(28)16-8-7-13-27(15-16)21(29)24-18-9-5-4-6-10-18/h4-6,9-10,16-17H,7-8,11-15H2,1-3H3,(H,24,29)(H,26,28)/b25-19+/t16-,17+,23+/m0/s1. The van der Waals surface area contributed by atoms with Gasteiger partial charge in [-0.3, -0.25) is 4.79 Å².